The van der Waals surface area contributed by atoms with Gasteiger partial charge in [0, 0.05) is 23.0 Å². The van der Waals surface area contributed by atoms with Gasteiger partial charge in [0.05, 0.1) is 6.54 Å². The summed E-state index contributed by atoms with van der Waals surface area (Å²) in [6.45, 7) is 4.59. The molecule has 1 N–H and O–H groups in total. The third kappa shape index (κ3) is 5.16. The fourth-order valence-corrected chi connectivity index (χ4v) is 2.95. The minimum absolute atomic E-state index is 0.0216. The maximum atomic E-state index is 12.0. The molecule has 2 rings (SSSR count). The summed E-state index contributed by atoms with van der Waals surface area (Å²) in [5.74, 6) is 0.0216. The van der Waals surface area contributed by atoms with Crippen molar-refractivity contribution in [3.05, 3.63) is 57.2 Å². The topological polar surface area (TPSA) is 32.3 Å². The average Bonchev–Trinajstić information content (AvgIpc) is 2.98. The van der Waals surface area contributed by atoms with Crippen molar-refractivity contribution in [3.63, 3.8) is 0 Å². The Hall–Kier alpha value is -1.36. The van der Waals surface area contributed by atoms with Crippen LogP contribution in [0, 0.1) is 0 Å². The Labute approximate surface area is 134 Å². The zero-order valence-corrected chi connectivity index (χ0v) is 13.6. The molecule has 1 aromatic heterocycles. The summed E-state index contributed by atoms with van der Waals surface area (Å²) < 4.78 is 0. The predicted molar refractivity (Wildman–Crippen MR) is 88.6 cm³/mol. The van der Waals surface area contributed by atoms with Gasteiger partial charge in [-0.05, 0) is 29.6 Å². The monoisotopic (exact) mass is 322 g/mol. The number of rotatable bonds is 7. The molecule has 0 atom stereocenters. The van der Waals surface area contributed by atoms with Gasteiger partial charge in [0.15, 0.2) is 0 Å². The third-order valence-electron chi connectivity index (χ3n) is 3.21. The molecule has 2 aromatic rings. The normalized spacial score (nSPS) is 10.8. The Balaban J connectivity index is 1.81. The summed E-state index contributed by atoms with van der Waals surface area (Å²) in [5.41, 5.74) is 0.939. The first-order chi connectivity index (χ1) is 10.2. The molecule has 5 heteroatoms. The molecule has 0 aliphatic rings. The molecule has 0 unspecified atom stereocenters. The van der Waals surface area contributed by atoms with Crippen molar-refractivity contribution in [3.8, 4) is 0 Å². The Kier molecular flexibility index (Phi) is 6.23. The number of thiophene rings is 1. The molecule has 3 nitrogen and oxygen atoms in total. The summed E-state index contributed by atoms with van der Waals surface area (Å²) in [6, 6.07) is 11.7. The minimum Gasteiger partial charge on any atom is -0.351 e. The zero-order valence-electron chi connectivity index (χ0n) is 12.0. The zero-order chi connectivity index (χ0) is 15.1. The second kappa shape index (κ2) is 8.17. The standard InChI is InChI=1S/C16H19ClN2OS/c1-2-19(11-14-7-5-9-21-14)12-16(20)18-10-13-6-3-4-8-15(13)17/h3-9H,2,10-12H2,1H3,(H,18,20). The van der Waals surface area contributed by atoms with Crippen molar-refractivity contribution < 1.29 is 4.79 Å². The highest BCUT2D eigenvalue weighted by Gasteiger charge is 2.10. The number of halogens is 1. The molecule has 0 saturated carbocycles. The van der Waals surface area contributed by atoms with Gasteiger partial charge in [0.2, 0.25) is 5.91 Å². The summed E-state index contributed by atoms with van der Waals surface area (Å²) in [7, 11) is 0. The number of amides is 1. The van der Waals surface area contributed by atoms with Crippen LogP contribution in [0.15, 0.2) is 41.8 Å². The Morgan fingerprint density at radius 3 is 2.76 bits per heavy atom. The second-order valence-corrected chi connectivity index (χ2v) is 6.19. The lowest BCUT2D eigenvalue weighted by Crippen LogP contribution is -2.36. The van der Waals surface area contributed by atoms with E-state index >= 15 is 0 Å². The molecule has 1 heterocycles. The number of benzene rings is 1. The van der Waals surface area contributed by atoms with Crippen LogP contribution in [0.25, 0.3) is 0 Å². The highest BCUT2D eigenvalue weighted by molar-refractivity contribution is 7.09. The third-order valence-corrected chi connectivity index (χ3v) is 4.44. The molecule has 0 radical (unpaired) electrons. The van der Waals surface area contributed by atoms with Gasteiger partial charge in [0.1, 0.15) is 0 Å². The lowest BCUT2D eigenvalue weighted by Gasteiger charge is -2.19. The number of carbonyl (C=O) groups is 1. The molecule has 0 bridgehead atoms. The summed E-state index contributed by atoms with van der Waals surface area (Å²) >= 11 is 7.79. The molecule has 0 saturated heterocycles. The molecule has 0 fully saturated rings. The van der Waals surface area contributed by atoms with Gasteiger partial charge in [-0.1, -0.05) is 42.8 Å². The van der Waals surface area contributed by atoms with Crippen LogP contribution < -0.4 is 5.32 Å². The number of nitrogens with zero attached hydrogens (tertiary/aromatic N) is 1. The van der Waals surface area contributed by atoms with Crippen LogP contribution in [0.4, 0.5) is 0 Å². The Bertz CT molecular complexity index is 571. The fourth-order valence-electron chi connectivity index (χ4n) is 2.00. The molecule has 1 aromatic carbocycles. The van der Waals surface area contributed by atoms with E-state index in [1.54, 1.807) is 11.3 Å². The molecular formula is C16H19ClN2OS. The lowest BCUT2D eigenvalue weighted by molar-refractivity contribution is -0.122. The average molecular weight is 323 g/mol. The fraction of sp³-hybridized carbons (Fsp3) is 0.312. The predicted octanol–water partition coefficient (Wildman–Crippen LogP) is 3.54. The van der Waals surface area contributed by atoms with Crippen molar-refractivity contribution in [1.82, 2.24) is 10.2 Å². The number of hydrogen-bond acceptors (Lipinski definition) is 3. The number of carbonyl (C=O) groups excluding carboxylic acids is 1. The van der Waals surface area contributed by atoms with E-state index in [0.29, 0.717) is 18.1 Å². The van der Waals surface area contributed by atoms with Crippen LogP contribution in [-0.4, -0.2) is 23.9 Å². The first kappa shape index (κ1) is 16.0. The highest BCUT2D eigenvalue weighted by atomic mass is 35.5. The molecular weight excluding hydrogens is 304 g/mol. The number of likely N-dealkylation sites (N-methyl/N-ethyl adjacent to an activating group) is 1. The van der Waals surface area contributed by atoms with Crippen LogP contribution in [0.2, 0.25) is 5.02 Å². The van der Waals surface area contributed by atoms with E-state index in [4.69, 9.17) is 11.6 Å². The van der Waals surface area contributed by atoms with Crippen molar-refractivity contribution in [2.75, 3.05) is 13.1 Å². The molecule has 0 aliphatic carbocycles. The van der Waals surface area contributed by atoms with Gasteiger partial charge in [-0.3, -0.25) is 9.69 Å². The van der Waals surface area contributed by atoms with Gasteiger partial charge in [0.25, 0.3) is 0 Å². The Morgan fingerprint density at radius 2 is 2.10 bits per heavy atom. The van der Waals surface area contributed by atoms with Crippen LogP contribution in [0.5, 0.6) is 0 Å². The number of nitrogens with one attached hydrogen (secondary N) is 1. The van der Waals surface area contributed by atoms with E-state index in [0.717, 1.165) is 18.7 Å². The molecule has 21 heavy (non-hydrogen) atoms. The quantitative estimate of drug-likeness (QED) is 0.845. The SMILES string of the molecule is CCN(CC(=O)NCc1ccccc1Cl)Cc1cccs1. The van der Waals surface area contributed by atoms with Crippen molar-refractivity contribution in [2.24, 2.45) is 0 Å². The molecule has 0 spiro atoms. The van der Waals surface area contributed by atoms with Crippen LogP contribution >= 0.6 is 22.9 Å². The van der Waals surface area contributed by atoms with E-state index in [-0.39, 0.29) is 5.91 Å². The van der Waals surface area contributed by atoms with E-state index < -0.39 is 0 Å². The first-order valence-electron chi connectivity index (χ1n) is 6.94. The van der Waals surface area contributed by atoms with E-state index in [1.165, 1.54) is 4.88 Å². The van der Waals surface area contributed by atoms with Gasteiger partial charge >= 0.3 is 0 Å². The maximum Gasteiger partial charge on any atom is 0.234 e. The molecule has 1 amide bonds. The summed E-state index contributed by atoms with van der Waals surface area (Å²) in [6.07, 6.45) is 0. The molecule has 112 valence electrons. The minimum atomic E-state index is 0.0216. The summed E-state index contributed by atoms with van der Waals surface area (Å²) in [5, 5.41) is 5.66. The van der Waals surface area contributed by atoms with Gasteiger partial charge in [-0.25, -0.2) is 0 Å². The van der Waals surface area contributed by atoms with Gasteiger partial charge < -0.3 is 5.32 Å². The van der Waals surface area contributed by atoms with Crippen LogP contribution in [-0.2, 0) is 17.9 Å². The van der Waals surface area contributed by atoms with E-state index in [9.17, 15) is 4.79 Å². The van der Waals surface area contributed by atoms with Crippen LogP contribution in [0.3, 0.4) is 0 Å². The second-order valence-electron chi connectivity index (χ2n) is 4.75. The van der Waals surface area contributed by atoms with E-state index in [1.807, 2.05) is 30.3 Å². The highest BCUT2D eigenvalue weighted by Crippen LogP contribution is 2.14. The van der Waals surface area contributed by atoms with Crippen molar-refractivity contribution in [1.29, 1.82) is 0 Å². The largest absolute Gasteiger partial charge is 0.351 e. The van der Waals surface area contributed by atoms with E-state index in [2.05, 4.69) is 28.6 Å². The van der Waals surface area contributed by atoms with Crippen molar-refractivity contribution >= 4 is 28.8 Å². The lowest BCUT2D eigenvalue weighted by atomic mass is 10.2. The summed E-state index contributed by atoms with van der Waals surface area (Å²) in [4.78, 5) is 15.4. The first-order valence-corrected chi connectivity index (χ1v) is 8.19. The maximum absolute atomic E-state index is 12.0. The van der Waals surface area contributed by atoms with Crippen LogP contribution in [0.1, 0.15) is 17.4 Å². The van der Waals surface area contributed by atoms with Gasteiger partial charge in [-0.15, -0.1) is 11.3 Å². The van der Waals surface area contributed by atoms with Crippen molar-refractivity contribution in [2.45, 2.75) is 20.0 Å². The number of hydrogen-bond donors (Lipinski definition) is 1. The Morgan fingerprint density at radius 1 is 1.29 bits per heavy atom. The smallest absolute Gasteiger partial charge is 0.234 e. The van der Waals surface area contributed by atoms with Gasteiger partial charge in [-0.2, -0.15) is 0 Å². The molecule has 0 aliphatic heterocycles.